The van der Waals surface area contributed by atoms with Crippen molar-refractivity contribution < 1.29 is 15.4 Å². The third kappa shape index (κ3) is 4.29. The normalized spacial score (nSPS) is 22.7. The van der Waals surface area contributed by atoms with Gasteiger partial charge in [-0.25, -0.2) is 4.39 Å². The van der Waals surface area contributed by atoms with Gasteiger partial charge in [0.25, 0.3) is 5.91 Å². The molecule has 1 atom stereocenters. The van der Waals surface area contributed by atoms with Crippen LogP contribution in [0.25, 0.3) is 0 Å². The van der Waals surface area contributed by atoms with Crippen molar-refractivity contribution in [2.45, 2.75) is 77.4 Å². The molecule has 2 fully saturated rings. The molecule has 1 N–H and O–H groups in total. The number of rotatable bonds is 4. The Kier molecular flexibility index (Phi) is 5.95. The summed E-state index contributed by atoms with van der Waals surface area (Å²) < 4.78 is 13.6. The number of halogens is 1. The van der Waals surface area contributed by atoms with Crippen molar-refractivity contribution >= 4 is 11.7 Å². The van der Waals surface area contributed by atoms with E-state index in [9.17, 15) is 14.0 Å². The van der Waals surface area contributed by atoms with E-state index in [-0.39, 0.29) is 13.1 Å². The van der Waals surface area contributed by atoms with E-state index in [0.717, 1.165) is 25.7 Å². The molecule has 0 aliphatic heterocycles. The molecule has 2 rings (SSSR count). The Morgan fingerprint density at radius 2 is 1.74 bits per heavy atom. The summed E-state index contributed by atoms with van der Waals surface area (Å²) >= 11 is 0. The molecule has 3 nitrogen and oxygen atoms in total. The molecule has 0 aromatic rings. The maximum Gasteiger partial charge on any atom is 0.258 e. The zero-order valence-corrected chi connectivity index (χ0v) is 12.3. The summed E-state index contributed by atoms with van der Waals surface area (Å²) in [5.41, 5.74) is -1.68. The number of amides is 1. The molecule has 4 heteroatoms. The fraction of sp³-hybridized carbons (Fsp3) is 0.867. The van der Waals surface area contributed by atoms with Crippen LogP contribution in [0.5, 0.6) is 0 Å². The predicted octanol–water partition coefficient (Wildman–Crippen LogP) is 3.41. The number of hydrogen-bond acceptors (Lipinski definition) is 2. The molecule has 0 heterocycles. The summed E-state index contributed by atoms with van der Waals surface area (Å²) in [6.07, 6.45) is 5.92. The number of carbonyl (C=O) groups excluding carboxylic acids is 2. The zero-order valence-electron chi connectivity index (χ0n) is 12.3. The third-order valence-corrected chi connectivity index (χ3v) is 3.94. The van der Waals surface area contributed by atoms with Crippen molar-refractivity contribution in [1.82, 2.24) is 5.32 Å². The van der Waals surface area contributed by atoms with Crippen LogP contribution in [0, 0.1) is 5.92 Å². The van der Waals surface area contributed by atoms with E-state index in [0.29, 0.717) is 12.8 Å². The van der Waals surface area contributed by atoms with E-state index >= 15 is 0 Å². The first-order valence-corrected chi connectivity index (χ1v) is 7.53. The monoisotopic (exact) mass is 273 g/mol. The molecule has 0 aromatic heterocycles. The van der Waals surface area contributed by atoms with E-state index in [1.54, 1.807) is 0 Å². The van der Waals surface area contributed by atoms with Gasteiger partial charge in [-0.2, -0.15) is 0 Å². The smallest absolute Gasteiger partial charge is 0.258 e. The van der Waals surface area contributed by atoms with Crippen molar-refractivity contribution in [3.8, 4) is 0 Å². The maximum atomic E-state index is 13.6. The molecule has 19 heavy (non-hydrogen) atoms. The molecule has 0 bridgehead atoms. The summed E-state index contributed by atoms with van der Waals surface area (Å²) in [5, 5.41) is 2.63. The van der Waals surface area contributed by atoms with Crippen LogP contribution >= 0.6 is 0 Å². The van der Waals surface area contributed by atoms with Gasteiger partial charge in [0, 0.05) is 1.43 Å². The Morgan fingerprint density at radius 1 is 1.21 bits per heavy atom. The van der Waals surface area contributed by atoms with Gasteiger partial charge in [-0.3, -0.25) is 9.59 Å². The number of alkyl halides is 1. The van der Waals surface area contributed by atoms with Crippen molar-refractivity contribution in [2.24, 2.45) is 5.92 Å². The molecule has 0 saturated heterocycles. The summed E-state index contributed by atoms with van der Waals surface area (Å²) in [6, 6.07) is -0.476. The standard InChI is InChI=1S/C13H20FNO2.C2H6.H2/c1-9(16)11(10-5-3-2-4-6-10)15-12(17)13(14)7-8-13;1-2;/h10-11H,2-8H2,1H3,(H,15,17);1-2H3;1H/t11-;;/m0../s1. The van der Waals surface area contributed by atoms with Crippen LogP contribution in [0.1, 0.15) is 67.1 Å². The number of Topliss-reactive ketones (excluding diaryl/α,β-unsaturated/α-hetero) is 1. The SMILES string of the molecule is CC.CC(=O)[C@H](NC(=O)C1(F)CC1)C1CCCCC1.[HH]. The summed E-state index contributed by atoms with van der Waals surface area (Å²) in [5.74, 6) is -0.426. The van der Waals surface area contributed by atoms with Crippen LogP contribution in [0.2, 0.25) is 0 Å². The Hall–Kier alpha value is -0.930. The van der Waals surface area contributed by atoms with Gasteiger partial charge in [0.1, 0.15) is 0 Å². The molecular formula is C15H28FNO2. The first-order chi connectivity index (χ1) is 9.03. The molecular weight excluding hydrogens is 245 g/mol. The van der Waals surface area contributed by atoms with Crippen molar-refractivity contribution in [1.29, 1.82) is 0 Å². The predicted molar refractivity (Wildman–Crippen MR) is 75.7 cm³/mol. The summed E-state index contributed by atoms with van der Waals surface area (Å²) in [6.45, 7) is 5.48. The van der Waals surface area contributed by atoms with Crippen LogP contribution < -0.4 is 5.32 Å². The molecule has 0 aromatic carbocycles. The minimum atomic E-state index is -1.68. The van der Waals surface area contributed by atoms with Crippen LogP contribution in [0.3, 0.4) is 0 Å². The Labute approximate surface area is 116 Å². The lowest BCUT2D eigenvalue weighted by Crippen LogP contribution is -2.49. The Morgan fingerprint density at radius 3 is 2.16 bits per heavy atom. The molecule has 0 radical (unpaired) electrons. The first kappa shape index (κ1) is 16.1. The quantitative estimate of drug-likeness (QED) is 0.853. The highest BCUT2D eigenvalue weighted by Gasteiger charge is 2.51. The molecule has 0 unspecified atom stereocenters. The van der Waals surface area contributed by atoms with Crippen LogP contribution in [0.4, 0.5) is 4.39 Å². The lowest BCUT2D eigenvalue weighted by molar-refractivity contribution is -0.132. The number of ketones is 1. The summed E-state index contributed by atoms with van der Waals surface area (Å²) in [7, 11) is 0. The number of carbonyl (C=O) groups is 2. The van der Waals surface area contributed by atoms with Gasteiger partial charge in [0.15, 0.2) is 11.5 Å². The molecule has 2 aliphatic carbocycles. The zero-order chi connectivity index (χ0) is 14.5. The van der Waals surface area contributed by atoms with Crippen molar-refractivity contribution in [3.05, 3.63) is 0 Å². The van der Waals surface area contributed by atoms with Crippen molar-refractivity contribution in [3.63, 3.8) is 0 Å². The average Bonchev–Trinajstić information content (AvgIpc) is 3.18. The van der Waals surface area contributed by atoms with Gasteiger partial charge >= 0.3 is 0 Å². The van der Waals surface area contributed by atoms with Gasteiger partial charge in [-0.05, 0) is 38.5 Å². The van der Waals surface area contributed by atoms with E-state index in [1.807, 2.05) is 13.8 Å². The fourth-order valence-electron chi connectivity index (χ4n) is 2.63. The first-order valence-electron chi connectivity index (χ1n) is 7.53. The number of hydrogen-bond donors (Lipinski definition) is 1. The minimum absolute atomic E-state index is 0. The largest absolute Gasteiger partial charge is 0.343 e. The van der Waals surface area contributed by atoms with E-state index < -0.39 is 17.6 Å². The third-order valence-electron chi connectivity index (χ3n) is 3.94. The second kappa shape index (κ2) is 7.01. The Balaban J connectivity index is 0.00000115. The van der Waals surface area contributed by atoms with Gasteiger partial charge in [0.05, 0.1) is 6.04 Å². The highest BCUT2D eigenvalue weighted by atomic mass is 19.1. The second-order valence-corrected chi connectivity index (χ2v) is 5.43. The molecule has 2 aliphatic rings. The lowest BCUT2D eigenvalue weighted by Gasteiger charge is -2.29. The average molecular weight is 273 g/mol. The van der Waals surface area contributed by atoms with Gasteiger partial charge < -0.3 is 5.32 Å². The van der Waals surface area contributed by atoms with Gasteiger partial charge in [-0.15, -0.1) is 0 Å². The van der Waals surface area contributed by atoms with Gasteiger partial charge in [-0.1, -0.05) is 33.1 Å². The summed E-state index contributed by atoms with van der Waals surface area (Å²) in [4.78, 5) is 23.2. The lowest BCUT2D eigenvalue weighted by atomic mass is 9.82. The van der Waals surface area contributed by atoms with Crippen LogP contribution in [-0.4, -0.2) is 23.4 Å². The minimum Gasteiger partial charge on any atom is -0.343 e. The molecule has 0 spiro atoms. The fourth-order valence-corrected chi connectivity index (χ4v) is 2.63. The highest BCUT2D eigenvalue weighted by Crippen LogP contribution is 2.40. The Bertz CT molecular complexity index is 326. The number of nitrogens with one attached hydrogen (secondary N) is 1. The topological polar surface area (TPSA) is 46.2 Å². The van der Waals surface area contributed by atoms with E-state index in [2.05, 4.69) is 5.32 Å². The van der Waals surface area contributed by atoms with E-state index in [4.69, 9.17) is 0 Å². The van der Waals surface area contributed by atoms with Crippen LogP contribution in [0.15, 0.2) is 0 Å². The maximum absolute atomic E-state index is 13.6. The highest BCUT2D eigenvalue weighted by molar-refractivity contribution is 5.93. The van der Waals surface area contributed by atoms with E-state index in [1.165, 1.54) is 13.3 Å². The molecule has 2 saturated carbocycles. The van der Waals surface area contributed by atoms with Crippen molar-refractivity contribution in [2.75, 3.05) is 0 Å². The second-order valence-electron chi connectivity index (χ2n) is 5.43. The van der Waals surface area contributed by atoms with Crippen LogP contribution in [-0.2, 0) is 9.59 Å². The van der Waals surface area contributed by atoms with Gasteiger partial charge in [0.2, 0.25) is 0 Å². The molecule has 1 amide bonds. The molecule has 112 valence electrons.